The summed E-state index contributed by atoms with van der Waals surface area (Å²) in [5, 5.41) is 7.94. The van der Waals surface area contributed by atoms with Crippen LogP contribution in [0.2, 0.25) is 0 Å². The van der Waals surface area contributed by atoms with Crippen LogP contribution in [0.4, 0.5) is 0 Å². The van der Waals surface area contributed by atoms with Crippen LogP contribution >= 0.6 is 15.9 Å². The Balaban J connectivity index is 2.05. The van der Waals surface area contributed by atoms with Gasteiger partial charge in [-0.2, -0.15) is 0 Å². The molecule has 1 aromatic carbocycles. The maximum atomic E-state index is 12.1. The molecule has 21 heavy (non-hydrogen) atoms. The van der Waals surface area contributed by atoms with Crippen molar-refractivity contribution in [3.05, 3.63) is 28.2 Å². The van der Waals surface area contributed by atoms with E-state index in [9.17, 15) is 13.2 Å². The Morgan fingerprint density at radius 3 is 2.67 bits per heavy atom. The third kappa shape index (κ3) is 4.26. The van der Waals surface area contributed by atoms with E-state index in [0.717, 1.165) is 12.8 Å². The van der Waals surface area contributed by atoms with Crippen molar-refractivity contribution in [2.45, 2.75) is 36.8 Å². The van der Waals surface area contributed by atoms with E-state index in [4.69, 9.17) is 9.88 Å². The second-order valence-electron chi connectivity index (χ2n) is 4.94. The zero-order chi connectivity index (χ0) is 15.6. The first-order valence-corrected chi connectivity index (χ1v) is 8.89. The highest BCUT2D eigenvalue weighted by Crippen LogP contribution is 2.24. The predicted octanol–water partition coefficient (Wildman–Crippen LogP) is 1.39. The molecule has 1 aliphatic carbocycles. The summed E-state index contributed by atoms with van der Waals surface area (Å²) in [6, 6.07) is 4.25. The van der Waals surface area contributed by atoms with E-state index in [-0.39, 0.29) is 28.5 Å². The minimum Gasteiger partial charge on any atom is -0.378 e. The van der Waals surface area contributed by atoms with Gasteiger partial charge in [-0.1, -0.05) is 15.9 Å². The Bertz CT molecular complexity index is 642. The number of benzene rings is 1. The number of rotatable bonds is 5. The summed E-state index contributed by atoms with van der Waals surface area (Å²) in [5.41, 5.74) is 0.258. The Morgan fingerprint density at radius 1 is 1.43 bits per heavy atom. The minimum absolute atomic E-state index is 0.0611. The highest BCUT2D eigenvalue weighted by molar-refractivity contribution is 9.10. The summed E-state index contributed by atoms with van der Waals surface area (Å²) in [4.78, 5) is 12.0. The molecule has 3 N–H and O–H groups in total. The second-order valence-corrected chi connectivity index (χ2v) is 7.42. The number of carbonyl (C=O) groups excluding carboxylic acids is 1. The molecule has 0 aromatic heterocycles. The topological polar surface area (TPSA) is 98.5 Å². The summed E-state index contributed by atoms with van der Waals surface area (Å²) in [6.45, 7) is 2.59. The fourth-order valence-corrected chi connectivity index (χ4v) is 3.41. The number of halogens is 1. The number of hydrogen-bond acceptors (Lipinski definition) is 4. The molecular formula is C13H17BrN2O4S. The van der Waals surface area contributed by atoms with Crippen molar-refractivity contribution in [2.24, 2.45) is 5.14 Å². The van der Waals surface area contributed by atoms with E-state index in [0.29, 0.717) is 11.1 Å². The molecule has 1 fully saturated rings. The molecule has 1 saturated carbocycles. The number of amides is 1. The van der Waals surface area contributed by atoms with Gasteiger partial charge in [0.05, 0.1) is 11.0 Å². The molecule has 0 radical (unpaired) electrons. The van der Waals surface area contributed by atoms with Crippen molar-refractivity contribution < 1.29 is 17.9 Å². The largest absolute Gasteiger partial charge is 0.378 e. The van der Waals surface area contributed by atoms with E-state index >= 15 is 0 Å². The molecular weight excluding hydrogens is 360 g/mol. The lowest BCUT2D eigenvalue weighted by Crippen LogP contribution is -2.47. The van der Waals surface area contributed by atoms with Crippen LogP contribution in [0, 0.1) is 0 Å². The number of nitrogens with two attached hydrogens (primary N) is 1. The van der Waals surface area contributed by atoms with Gasteiger partial charge in [-0.3, -0.25) is 4.79 Å². The third-order valence-corrected chi connectivity index (χ3v) is 4.65. The molecule has 0 aliphatic heterocycles. The van der Waals surface area contributed by atoms with Gasteiger partial charge >= 0.3 is 0 Å². The quantitative estimate of drug-likeness (QED) is 0.810. The summed E-state index contributed by atoms with van der Waals surface area (Å²) in [5.74, 6) is -0.318. The molecule has 1 amide bonds. The SMILES string of the molecule is CCOC1CC(NC(=O)c2cc(Br)cc(S(N)(=O)=O)c2)C1. The summed E-state index contributed by atoms with van der Waals surface area (Å²) < 4.78 is 28.7. The monoisotopic (exact) mass is 376 g/mol. The minimum atomic E-state index is -3.85. The number of ether oxygens (including phenoxy) is 1. The molecule has 1 aromatic rings. The van der Waals surface area contributed by atoms with Gasteiger partial charge in [0.2, 0.25) is 10.0 Å². The fourth-order valence-electron chi connectivity index (χ4n) is 2.18. The Kier molecular flexibility index (Phi) is 5.03. The summed E-state index contributed by atoms with van der Waals surface area (Å²) >= 11 is 3.18. The van der Waals surface area contributed by atoms with E-state index in [2.05, 4.69) is 21.2 Å². The molecule has 0 heterocycles. The Labute approximate surface area is 132 Å². The highest BCUT2D eigenvalue weighted by atomic mass is 79.9. The Morgan fingerprint density at radius 2 is 2.10 bits per heavy atom. The van der Waals surface area contributed by atoms with Crippen molar-refractivity contribution in [3.8, 4) is 0 Å². The normalized spacial score (nSPS) is 21.7. The van der Waals surface area contributed by atoms with Gasteiger partial charge in [0.25, 0.3) is 5.91 Å². The number of primary sulfonamides is 1. The second kappa shape index (κ2) is 6.43. The average molecular weight is 377 g/mol. The molecule has 8 heteroatoms. The molecule has 0 bridgehead atoms. The molecule has 116 valence electrons. The first-order valence-electron chi connectivity index (χ1n) is 6.55. The van der Waals surface area contributed by atoms with Crippen molar-refractivity contribution >= 4 is 31.9 Å². The van der Waals surface area contributed by atoms with Crippen LogP contribution in [0.25, 0.3) is 0 Å². The lowest BCUT2D eigenvalue weighted by Gasteiger charge is -2.35. The zero-order valence-electron chi connectivity index (χ0n) is 11.5. The van der Waals surface area contributed by atoms with Crippen molar-refractivity contribution in [3.63, 3.8) is 0 Å². The molecule has 1 aliphatic rings. The van der Waals surface area contributed by atoms with Crippen LogP contribution in [0.15, 0.2) is 27.6 Å². The van der Waals surface area contributed by atoms with Crippen LogP contribution in [-0.2, 0) is 14.8 Å². The maximum Gasteiger partial charge on any atom is 0.251 e. The molecule has 2 rings (SSSR count). The van der Waals surface area contributed by atoms with E-state index in [1.165, 1.54) is 12.1 Å². The number of carbonyl (C=O) groups is 1. The summed E-state index contributed by atoms with van der Waals surface area (Å²) in [7, 11) is -3.85. The van der Waals surface area contributed by atoms with Gasteiger partial charge in [-0.15, -0.1) is 0 Å². The van der Waals surface area contributed by atoms with Gasteiger partial charge in [0.1, 0.15) is 0 Å². The van der Waals surface area contributed by atoms with Crippen LogP contribution in [-0.4, -0.2) is 33.1 Å². The Hall–Kier alpha value is -0.960. The van der Waals surface area contributed by atoms with E-state index < -0.39 is 10.0 Å². The van der Waals surface area contributed by atoms with Crippen LogP contribution < -0.4 is 10.5 Å². The number of nitrogens with one attached hydrogen (secondary N) is 1. The van der Waals surface area contributed by atoms with Crippen molar-refractivity contribution in [1.29, 1.82) is 0 Å². The lowest BCUT2D eigenvalue weighted by atomic mass is 9.89. The van der Waals surface area contributed by atoms with Gasteiger partial charge in [0, 0.05) is 22.7 Å². The van der Waals surface area contributed by atoms with Crippen LogP contribution in [0.1, 0.15) is 30.1 Å². The molecule has 0 atom stereocenters. The van der Waals surface area contributed by atoms with Crippen LogP contribution in [0.3, 0.4) is 0 Å². The third-order valence-electron chi connectivity index (χ3n) is 3.29. The standard InChI is InChI=1S/C13H17BrN2O4S/c1-2-20-11-6-10(7-11)16-13(17)8-3-9(14)5-12(4-8)21(15,18)19/h3-5,10-11H,2,6-7H2,1H3,(H,16,17)(H2,15,18,19). The van der Waals surface area contributed by atoms with E-state index in [1.54, 1.807) is 6.07 Å². The van der Waals surface area contributed by atoms with Crippen molar-refractivity contribution in [2.75, 3.05) is 6.61 Å². The number of hydrogen-bond donors (Lipinski definition) is 2. The maximum absolute atomic E-state index is 12.1. The van der Waals surface area contributed by atoms with Gasteiger partial charge in [0.15, 0.2) is 0 Å². The molecule has 6 nitrogen and oxygen atoms in total. The lowest BCUT2D eigenvalue weighted by molar-refractivity contribution is -0.00862. The average Bonchev–Trinajstić information content (AvgIpc) is 2.34. The first-order chi connectivity index (χ1) is 9.79. The molecule has 0 spiro atoms. The first kappa shape index (κ1) is 16.4. The molecule has 0 unspecified atom stereocenters. The highest BCUT2D eigenvalue weighted by Gasteiger charge is 2.31. The summed E-state index contributed by atoms with van der Waals surface area (Å²) in [6.07, 6.45) is 1.74. The smallest absolute Gasteiger partial charge is 0.251 e. The number of sulfonamides is 1. The van der Waals surface area contributed by atoms with Gasteiger partial charge in [-0.05, 0) is 38.0 Å². The fraction of sp³-hybridized carbons (Fsp3) is 0.462. The van der Waals surface area contributed by atoms with Crippen molar-refractivity contribution in [1.82, 2.24) is 5.32 Å². The van der Waals surface area contributed by atoms with Gasteiger partial charge in [-0.25, -0.2) is 13.6 Å². The van der Waals surface area contributed by atoms with Gasteiger partial charge < -0.3 is 10.1 Å². The van der Waals surface area contributed by atoms with Crippen LogP contribution in [0.5, 0.6) is 0 Å². The zero-order valence-corrected chi connectivity index (χ0v) is 13.9. The predicted molar refractivity (Wildman–Crippen MR) is 81.4 cm³/mol. The van der Waals surface area contributed by atoms with E-state index in [1.807, 2.05) is 6.92 Å². The molecule has 0 saturated heterocycles.